The molecule has 136 valence electrons. The molecule has 0 bridgehead atoms. The number of para-hydroxylation sites is 1. The van der Waals surface area contributed by atoms with Crippen LogP contribution in [-0.2, 0) is 17.0 Å². The number of hydrogen-bond donors (Lipinski definition) is 1. The highest BCUT2D eigenvalue weighted by Crippen LogP contribution is 2.44. The third-order valence-corrected chi connectivity index (χ3v) is 5.06. The minimum Gasteiger partial charge on any atom is -0.363 e. The predicted octanol–water partition coefficient (Wildman–Crippen LogP) is 1.20. The van der Waals surface area contributed by atoms with Gasteiger partial charge in [0.1, 0.15) is 5.82 Å². The van der Waals surface area contributed by atoms with Crippen molar-refractivity contribution in [2.24, 2.45) is 5.73 Å². The number of hydrogen-bond acceptors (Lipinski definition) is 6. The highest BCUT2D eigenvalue weighted by molar-refractivity contribution is 5.88. The number of amides is 1. The smallest absolute Gasteiger partial charge is 0.288 e. The minimum atomic E-state index is -0.828. The Morgan fingerprint density at radius 1 is 1.19 bits per heavy atom. The lowest BCUT2D eigenvalue weighted by Crippen LogP contribution is -2.52. The minimum absolute atomic E-state index is 0.0167. The van der Waals surface area contributed by atoms with Gasteiger partial charge in [0, 0.05) is 18.3 Å². The van der Waals surface area contributed by atoms with Crippen molar-refractivity contribution in [2.45, 2.75) is 18.7 Å². The molecule has 0 aliphatic carbocycles. The molecular weight excluding hydrogens is 344 g/mol. The average molecular weight is 362 g/mol. The van der Waals surface area contributed by atoms with Crippen LogP contribution in [0.2, 0.25) is 0 Å². The number of pyridine rings is 1. The van der Waals surface area contributed by atoms with Crippen LogP contribution in [0.1, 0.15) is 34.1 Å². The summed E-state index contributed by atoms with van der Waals surface area (Å²) in [6.45, 7) is 1.90. The number of ether oxygens (including phenoxy) is 1. The molecule has 2 aliphatic rings. The molecule has 1 aromatic carbocycles. The van der Waals surface area contributed by atoms with Crippen molar-refractivity contribution in [3.63, 3.8) is 0 Å². The van der Waals surface area contributed by atoms with Gasteiger partial charge in [0.25, 0.3) is 5.91 Å². The predicted molar refractivity (Wildman–Crippen MR) is 95.9 cm³/mol. The van der Waals surface area contributed by atoms with E-state index in [1.54, 1.807) is 10.9 Å². The molecule has 2 aromatic heterocycles. The van der Waals surface area contributed by atoms with E-state index in [1.807, 2.05) is 42.5 Å². The van der Waals surface area contributed by atoms with E-state index in [4.69, 9.17) is 10.5 Å². The van der Waals surface area contributed by atoms with E-state index in [1.165, 1.54) is 0 Å². The highest BCUT2D eigenvalue weighted by atomic mass is 16.5. The van der Waals surface area contributed by atoms with Gasteiger partial charge in [0.2, 0.25) is 5.82 Å². The van der Waals surface area contributed by atoms with Crippen molar-refractivity contribution in [1.29, 1.82) is 0 Å². The summed E-state index contributed by atoms with van der Waals surface area (Å²) in [5.41, 5.74) is 7.13. The van der Waals surface area contributed by atoms with Gasteiger partial charge in [-0.25, -0.2) is 9.67 Å². The van der Waals surface area contributed by atoms with Crippen LogP contribution in [0, 0.1) is 0 Å². The molecule has 1 unspecified atom stereocenters. The second kappa shape index (κ2) is 5.97. The molecule has 5 rings (SSSR count). The van der Waals surface area contributed by atoms with Crippen LogP contribution >= 0.6 is 0 Å². The summed E-state index contributed by atoms with van der Waals surface area (Å²) in [4.78, 5) is 22.8. The van der Waals surface area contributed by atoms with Gasteiger partial charge in [-0.1, -0.05) is 24.3 Å². The molecule has 1 saturated heterocycles. The maximum Gasteiger partial charge on any atom is 0.288 e. The van der Waals surface area contributed by atoms with Gasteiger partial charge < -0.3 is 10.5 Å². The first kappa shape index (κ1) is 16.1. The second-order valence-electron chi connectivity index (χ2n) is 6.63. The van der Waals surface area contributed by atoms with Crippen molar-refractivity contribution in [3.05, 3.63) is 71.6 Å². The first-order valence-corrected chi connectivity index (χ1v) is 8.86. The number of rotatable bonds is 2. The fourth-order valence-corrected chi connectivity index (χ4v) is 3.96. The van der Waals surface area contributed by atoms with Gasteiger partial charge in [0.05, 0.1) is 24.5 Å². The molecule has 8 heteroatoms. The molecule has 27 heavy (non-hydrogen) atoms. The number of primary amides is 1. The Morgan fingerprint density at radius 3 is 2.85 bits per heavy atom. The van der Waals surface area contributed by atoms with Gasteiger partial charge in [-0.3, -0.25) is 14.7 Å². The Kier molecular flexibility index (Phi) is 3.56. The standard InChI is InChI=1S/C19H18N6O2/c20-17(26)18-22-16-12-24-10-5-11-27-19(24,15-8-3-4-9-21-15)13-6-1-2-7-14(13)25(16)23-18/h1-4,6-9H,5,10-12H2,(H2,20,26). The Bertz CT molecular complexity index is 1020. The summed E-state index contributed by atoms with van der Waals surface area (Å²) < 4.78 is 8.14. The van der Waals surface area contributed by atoms with Crippen LogP contribution < -0.4 is 5.73 Å². The number of carbonyl (C=O) groups is 1. The summed E-state index contributed by atoms with van der Waals surface area (Å²) in [5.74, 6) is 0.0292. The summed E-state index contributed by atoms with van der Waals surface area (Å²) in [7, 11) is 0. The Balaban J connectivity index is 1.81. The molecule has 1 atom stereocenters. The van der Waals surface area contributed by atoms with Gasteiger partial charge in [-0.05, 0) is 24.6 Å². The summed E-state index contributed by atoms with van der Waals surface area (Å²) in [6, 6.07) is 13.7. The first-order valence-electron chi connectivity index (χ1n) is 8.86. The highest BCUT2D eigenvalue weighted by Gasteiger charge is 2.48. The molecule has 8 nitrogen and oxygen atoms in total. The van der Waals surface area contributed by atoms with Crippen molar-refractivity contribution in [1.82, 2.24) is 24.6 Å². The van der Waals surface area contributed by atoms with Crippen LogP contribution in [0.5, 0.6) is 0 Å². The van der Waals surface area contributed by atoms with E-state index in [0.29, 0.717) is 19.0 Å². The third kappa shape index (κ3) is 2.30. The van der Waals surface area contributed by atoms with Crippen molar-refractivity contribution in [3.8, 4) is 5.69 Å². The number of carbonyl (C=O) groups excluding carboxylic acids is 1. The van der Waals surface area contributed by atoms with Crippen molar-refractivity contribution >= 4 is 5.91 Å². The van der Waals surface area contributed by atoms with E-state index in [-0.39, 0.29) is 5.82 Å². The maximum absolute atomic E-state index is 11.6. The normalized spacial score (nSPS) is 21.6. The molecule has 3 aromatic rings. The molecule has 1 fully saturated rings. The largest absolute Gasteiger partial charge is 0.363 e. The van der Waals surface area contributed by atoms with E-state index in [2.05, 4.69) is 20.0 Å². The van der Waals surface area contributed by atoms with Crippen LogP contribution in [0.4, 0.5) is 0 Å². The Morgan fingerprint density at radius 2 is 2.04 bits per heavy atom. The monoisotopic (exact) mass is 362 g/mol. The molecule has 4 heterocycles. The van der Waals surface area contributed by atoms with Gasteiger partial charge in [-0.2, -0.15) is 0 Å². The molecule has 0 spiro atoms. The number of fused-ring (bicyclic) bond motifs is 5. The average Bonchev–Trinajstić information content (AvgIpc) is 3.09. The van der Waals surface area contributed by atoms with E-state index in [0.717, 1.165) is 29.9 Å². The maximum atomic E-state index is 11.6. The van der Waals surface area contributed by atoms with E-state index in [9.17, 15) is 4.79 Å². The first-order chi connectivity index (χ1) is 13.2. The Labute approximate surface area is 155 Å². The lowest BCUT2D eigenvalue weighted by atomic mass is 9.93. The number of aromatic nitrogens is 4. The Hall–Kier alpha value is -3.10. The zero-order chi connectivity index (χ0) is 18.4. The number of nitrogens with zero attached hydrogens (tertiary/aromatic N) is 5. The van der Waals surface area contributed by atoms with E-state index >= 15 is 0 Å². The van der Waals surface area contributed by atoms with Gasteiger partial charge in [-0.15, -0.1) is 5.10 Å². The molecule has 2 N–H and O–H groups in total. The lowest BCUT2D eigenvalue weighted by Gasteiger charge is -2.45. The summed E-state index contributed by atoms with van der Waals surface area (Å²) in [5, 5.41) is 4.36. The van der Waals surface area contributed by atoms with Crippen LogP contribution in [0.25, 0.3) is 5.69 Å². The zero-order valence-electron chi connectivity index (χ0n) is 14.6. The van der Waals surface area contributed by atoms with Crippen LogP contribution in [0.3, 0.4) is 0 Å². The van der Waals surface area contributed by atoms with Crippen molar-refractivity contribution in [2.75, 3.05) is 13.2 Å². The van der Waals surface area contributed by atoms with Crippen LogP contribution in [0.15, 0.2) is 48.7 Å². The third-order valence-electron chi connectivity index (χ3n) is 5.06. The quantitative estimate of drug-likeness (QED) is 0.735. The number of benzene rings is 1. The number of nitrogens with two attached hydrogens (primary N) is 1. The summed E-state index contributed by atoms with van der Waals surface area (Å²) in [6.07, 6.45) is 2.67. The lowest BCUT2D eigenvalue weighted by molar-refractivity contribution is -0.171. The molecule has 0 radical (unpaired) electrons. The molecular formula is C19H18N6O2. The van der Waals surface area contributed by atoms with E-state index < -0.39 is 11.6 Å². The van der Waals surface area contributed by atoms with Crippen molar-refractivity contribution < 1.29 is 9.53 Å². The SMILES string of the molecule is NC(=O)c1nc2n(n1)-c1ccccc1C1(c3ccccn3)OCCCN1C2. The summed E-state index contributed by atoms with van der Waals surface area (Å²) >= 11 is 0. The second-order valence-corrected chi connectivity index (χ2v) is 6.63. The fourth-order valence-electron chi connectivity index (χ4n) is 3.96. The van der Waals surface area contributed by atoms with Crippen LogP contribution in [-0.4, -0.2) is 43.7 Å². The van der Waals surface area contributed by atoms with Gasteiger partial charge >= 0.3 is 0 Å². The molecule has 1 amide bonds. The van der Waals surface area contributed by atoms with Gasteiger partial charge in [0.15, 0.2) is 5.72 Å². The molecule has 2 aliphatic heterocycles. The zero-order valence-corrected chi connectivity index (χ0v) is 14.6. The molecule has 0 saturated carbocycles. The topological polar surface area (TPSA) is 99.2 Å². The fraction of sp³-hybridized carbons (Fsp3) is 0.263.